The van der Waals surface area contributed by atoms with Gasteiger partial charge in [0.15, 0.2) is 0 Å². The van der Waals surface area contributed by atoms with Crippen molar-refractivity contribution in [2.45, 2.75) is 25.7 Å². The molecule has 0 aliphatic carbocycles. The lowest BCUT2D eigenvalue weighted by molar-refractivity contribution is -0.133. The van der Waals surface area contributed by atoms with Crippen molar-refractivity contribution in [1.82, 2.24) is 19.8 Å². The summed E-state index contributed by atoms with van der Waals surface area (Å²) < 4.78 is 0. The number of aromatic nitrogens is 2. The van der Waals surface area contributed by atoms with Crippen molar-refractivity contribution in [1.29, 1.82) is 0 Å². The number of piperidine rings is 1. The normalized spacial score (nSPS) is 22.2. The Morgan fingerprint density at radius 3 is 2.56 bits per heavy atom. The molecule has 2 aliphatic heterocycles. The zero-order chi connectivity index (χ0) is 18.7. The Morgan fingerprint density at radius 1 is 0.963 bits per heavy atom. The van der Waals surface area contributed by atoms with Crippen molar-refractivity contribution in [2.24, 2.45) is 5.41 Å². The summed E-state index contributed by atoms with van der Waals surface area (Å²) in [5, 5.41) is 0. The minimum atomic E-state index is 0.0333. The van der Waals surface area contributed by atoms with E-state index in [0.717, 1.165) is 51.0 Å². The molecule has 4 rings (SSSR count). The third-order valence-electron chi connectivity index (χ3n) is 5.75. The summed E-state index contributed by atoms with van der Waals surface area (Å²) in [6.07, 6.45) is 10.2. The minimum Gasteiger partial charge on any atom is -0.342 e. The average Bonchev–Trinajstić information content (AvgIpc) is 3.12. The van der Waals surface area contributed by atoms with Gasteiger partial charge in [0, 0.05) is 61.9 Å². The SMILES string of the molecule is O=C(Cc1cccnc1)N1CCC[C@]2(CCN(C(=O)c3ccncc3)C2)C1. The molecule has 2 fully saturated rings. The van der Waals surface area contributed by atoms with Gasteiger partial charge in [0.25, 0.3) is 5.91 Å². The summed E-state index contributed by atoms with van der Waals surface area (Å²) in [5.41, 5.74) is 1.66. The molecule has 6 heteroatoms. The van der Waals surface area contributed by atoms with Crippen LogP contribution in [-0.4, -0.2) is 57.8 Å². The fraction of sp³-hybridized carbons (Fsp3) is 0.429. The van der Waals surface area contributed by atoms with Gasteiger partial charge in [-0.2, -0.15) is 0 Å². The fourth-order valence-electron chi connectivity index (χ4n) is 4.33. The maximum absolute atomic E-state index is 12.8. The van der Waals surface area contributed by atoms with E-state index in [0.29, 0.717) is 12.0 Å². The Balaban J connectivity index is 1.40. The summed E-state index contributed by atoms with van der Waals surface area (Å²) in [4.78, 5) is 37.5. The lowest BCUT2D eigenvalue weighted by Gasteiger charge is -2.40. The molecule has 1 spiro atoms. The van der Waals surface area contributed by atoms with E-state index in [1.165, 1.54) is 0 Å². The number of amides is 2. The van der Waals surface area contributed by atoms with Crippen molar-refractivity contribution >= 4 is 11.8 Å². The Kier molecular flexibility index (Phi) is 4.88. The average molecular weight is 364 g/mol. The van der Waals surface area contributed by atoms with Gasteiger partial charge in [0.1, 0.15) is 0 Å². The highest BCUT2D eigenvalue weighted by Gasteiger charge is 2.43. The summed E-state index contributed by atoms with van der Waals surface area (Å²) >= 11 is 0. The smallest absolute Gasteiger partial charge is 0.253 e. The van der Waals surface area contributed by atoms with Gasteiger partial charge < -0.3 is 9.80 Å². The van der Waals surface area contributed by atoms with E-state index in [1.807, 2.05) is 21.9 Å². The largest absolute Gasteiger partial charge is 0.342 e. The first kappa shape index (κ1) is 17.6. The maximum atomic E-state index is 12.8. The van der Waals surface area contributed by atoms with Crippen molar-refractivity contribution in [3.63, 3.8) is 0 Å². The van der Waals surface area contributed by atoms with Gasteiger partial charge in [-0.05, 0) is 43.0 Å². The third-order valence-corrected chi connectivity index (χ3v) is 5.75. The zero-order valence-electron chi connectivity index (χ0n) is 15.4. The molecule has 0 saturated carbocycles. The predicted octanol–water partition coefficient (Wildman–Crippen LogP) is 2.17. The molecule has 2 aromatic heterocycles. The van der Waals surface area contributed by atoms with Crippen LogP contribution in [0.25, 0.3) is 0 Å². The number of carbonyl (C=O) groups excluding carboxylic acids is 2. The second-order valence-electron chi connectivity index (χ2n) is 7.67. The van der Waals surface area contributed by atoms with E-state index < -0.39 is 0 Å². The second kappa shape index (κ2) is 7.47. The van der Waals surface area contributed by atoms with E-state index in [4.69, 9.17) is 0 Å². The Labute approximate surface area is 159 Å². The monoisotopic (exact) mass is 364 g/mol. The molecule has 0 bridgehead atoms. The number of pyridine rings is 2. The van der Waals surface area contributed by atoms with Crippen molar-refractivity contribution in [3.8, 4) is 0 Å². The Bertz CT molecular complexity index is 811. The quantitative estimate of drug-likeness (QED) is 0.837. The van der Waals surface area contributed by atoms with Crippen LogP contribution in [0.5, 0.6) is 0 Å². The highest BCUT2D eigenvalue weighted by molar-refractivity contribution is 5.94. The first-order valence-corrected chi connectivity index (χ1v) is 9.51. The van der Waals surface area contributed by atoms with E-state index in [-0.39, 0.29) is 17.2 Å². The molecular weight excluding hydrogens is 340 g/mol. The summed E-state index contributed by atoms with van der Waals surface area (Å²) in [6, 6.07) is 7.32. The summed E-state index contributed by atoms with van der Waals surface area (Å²) in [6.45, 7) is 3.03. The molecule has 6 nitrogen and oxygen atoms in total. The van der Waals surface area contributed by atoms with Gasteiger partial charge in [-0.3, -0.25) is 19.6 Å². The van der Waals surface area contributed by atoms with Crippen molar-refractivity contribution in [3.05, 3.63) is 60.2 Å². The van der Waals surface area contributed by atoms with E-state index in [9.17, 15) is 9.59 Å². The van der Waals surface area contributed by atoms with Crippen LogP contribution in [0.15, 0.2) is 49.1 Å². The molecule has 0 radical (unpaired) electrons. The van der Waals surface area contributed by atoms with Gasteiger partial charge in [-0.1, -0.05) is 6.07 Å². The molecule has 4 heterocycles. The number of carbonyl (C=O) groups is 2. The first-order chi connectivity index (χ1) is 13.2. The van der Waals surface area contributed by atoms with Crippen LogP contribution in [0, 0.1) is 5.41 Å². The van der Waals surface area contributed by atoms with Crippen LogP contribution in [-0.2, 0) is 11.2 Å². The molecule has 27 heavy (non-hydrogen) atoms. The van der Waals surface area contributed by atoms with Gasteiger partial charge in [0.05, 0.1) is 6.42 Å². The molecular formula is C21H24N4O2. The third kappa shape index (κ3) is 3.84. The number of likely N-dealkylation sites (tertiary alicyclic amines) is 2. The van der Waals surface area contributed by atoms with Crippen molar-refractivity contribution < 1.29 is 9.59 Å². The lowest BCUT2D eigenvalue weighted by Crippen LogP contribution is -2.48. The number of nitrogens with zero attached hydrogens (tertiary/aromatic N) is 4. The van der Waals surface area contributed by atoms with Gasteiger partial charge in [-0.25, -0.2) is 0 Å². The van der Waals surface area contributed by atoms with Gasteiger partial charge >= 0.3 is 0 Å². The summed E-state index contributed by atoms with van der Waals surface area (Å²) in [5.74, 6) is 0.217. The van der Waals surface area contributed by atoms with Gasteiger partial charge in [-0.15, -0.1) is 0 Å². The molecule has 2 aromatic rings. The van der Waals surface area contributed by atoms with Crippen LogP contribution in [0.1, 0.15) is 35.2 Å². The minimum absolute atomic E-state index is 0.0333. The second-order valence-corrected chi connectivity index (χ2v) is 7.67. The zero-order valence-corrected chi connectivity index (χ0v) is 15.4. The lowest BCUT2D eigenvalue weighted by atomic mass is 9.79. The van der Waals surface area contributed by atoms with Gasteiger partial charge in [0.2, 0.25) is 5.91 Å². The Morgan fingerprint density at radius 2 is 1.78 bits per heavy atom. The molecule has 2 aliphatic rings. The highest BCUT2D eigenvalue weighted by atomic mass is 16.2. The maximum Gasteiger partial charge on any atom is 0.253 e. The number of hydrogen-bond acceptors (Lipinski definition) is 4. The topological polar surface area (TPSA) is 66.4 Å². The standard InChI is InChI=1S/C21H24N4O2/c26-19(13-17-3-1-8-23-14-17)24-11-2-6-21(15-24)7-12-25(16-21)20(27)18-4-9-22-10-5-18/h1,3-5,8-10,14H,2,6-7,11-13,15-16H2/t21-/m0/s1. The molecule has 2 saturated heterocycles. The van der Waals surface area contributed by atoms with Crippen LogP contribution in [0.2, 0.25) is 0 Å². The number of rotatable bonds is 3. The fourth-order valence-corrected chi connectivity index (χ4v) is 4.33. The van der Waals surface area contributed by atoms with Crippen LogP contribution >= 0.6 is 0 Å². The predicted molar refractivity (Wildman–Crippen MR) is 101 cm³/mol. The van der Waals surface area contributed by atoms with E-state index in [2.05, 4.69) is 9.97 Å². The molecule has 1 atom stereocenters. The highest BCUT2D eigenvalue weighted by Crippen LogP contribution is 2.39. The Hall–Kier alpha value is -2.76. The van der Waals surface area contributed by atoms with E-state index >= 15 is 0 Å². The van der Waals surface area contributed by atoms with Crippen LogP contribution in [0.4, 0.5) is 0 Å². The van der Waals surface area contributed by atoms with Crippen molar-refractivity contribution in [2.75, 3.05) is 26.2 Å². The summed E-state index contributed by atoms with van der Waals surface area (Å²) in [7, 11) is 0. The molecule has 140 valence electrons. The first-order valence-electron chi connectivity index (χ1n) is 9.51. The number of hydrogen-bond donors (Lipinski definition) is 0. The molecule has 2 amide bonds. The molecule has 0 unspecified atom stereocenters. The molecule has 0 aromatic carbocycles. The van der Waals surface area contributed by atoms with Crippen LogP contribution in [0.3, 0.4) is 0 Å². The molecule has 0 N–H and O–H groups in total. The van der Waals surface area contributed by atoms with Crippen LogP contribution < -0.4 is 0 Å². The van der Waals surface area contributed by atoms with E-state index in [1.54, 1.807) is 36.9 Å².